The van der Waals surface area contributed by atoms with Gasteiger partial charge in [0.25, 0.3) is 0 Å². The van der Waals surface area contributed by atoms with Crippen molar-refractivity contribution in [3.05, 3.63) is 70.1 Å². The van der Waals surface area contributed by atoms with E-state index in [1.807, 2.05) is 0 Å². The van der Waals surface area contributed by atoms with Gasteiger partial charge in [0.15, 0.2) is 0 Å². The predicted octanol–water partition coefficient (Wildman–Crippen LogP) is 3.02. The van der Waals surface area contributed by atoms with Crippen molar-refractivity contribution >= 4 is 38.7 Å². The number of benzene rings is 2. The quantitative estimate of drug-likeness (QED) is 0.375. The summed E-state index contributed by atoms with van der Waals surface area (Å²) in [6, 6.07) is 11.3. The topological polar surface area (TPSA) is 141 Å². The van der Waals surface area contributed by atoms with Gasteiger partial charge < -0.3 is 13.9 Å². The van der Waals surface area contributed by atoms with Gasteiger partial charge >= 0.3 is 17.7 Å². The number of esters is 1. The third kappa shape index (κ3) is 5.96. The van der Waals surface area contributed by atoms with Crippen LogP contribution in [0, 0.1) is 0 Å². The van der Waals surface area contributed by atoms with Crippen LogP contribution < -0.4 is 15.7 Å². The summed E-state index contributed by atoms with van der Waals surface area (Å²) in [5, 5.41) is 3.01. The van der Waals surface area contributed by atoms with E-state index in [0.29, 0.717) is 16.6 Å². The third-order valence-electron chi connectivity index (χ3n) is 4.43. The van der Waals surface area contributed by atoms with Crippen LogP contribution in [0.2, 0.25) is 0 Å². The second-order valence-corrected chi connectivity index (χ2v) is 8.52. The van der Waals surface area contributed by atoms with Crippen LogP contribution in [0.5, 0.6) is 0 Å². The fraction of sp³-hybridized carbons (Fsp3) is 0.227. The van der Waals surface area contributed by atoms with Crippen molar-refractivity contribution in [2.24, 2.45) is 0 Å². The highest BCUT2D eigenvalue weighted by atomic mass is 32.2. The van der Waals surface area contributed by atoms with Crippen LogP contribution in [-0.4, -0.2) is 33.6 Å². The van der Waals surface area contributed by atoms with Gasteiger partial charge in [-0.2, -0.15) is 0 Å². The van der Waals surface area contributed by atoms with Gasteiger partial charge in [0, 0.05) is 35.3 Å². The van der Waals surface area contributed by atoms with Crippen molar-refractivity contribution in [1.82, 2.24) is 4.72 Å². The zero-order valence-corrected chi connectivity index (χ0v) is 18.7. The zero-order chi connectivity index (χ0) is 24.0. The minimum Gasteiger partial charge on any atom is -0.457 e. The number of hydrogen-bond acceptors (Lipinski definition) is 8. The molecule has 0 radical (unpaired) electrons. The number of fused-ring (bicyclic) bond motifs is 1. The summed E-state index contributed by atoms with van der Waals surface area (Å²) in [6.45, 7) is 3.47. The normalized spacial score (nSPS) is 11.2. The minimum atomic E-state index is -3.73. The third-order valence-corrected chi connectivity index (χ3v) is 5.97. The van der Waals surface area contributed by atoms with Gasteiger partial charge in [-0.05, 0) is 37.3 Å². The Balaban J connectivity index is 1.80. The smallest absolute Gasteiger partial charge is 0.411 e. The Morgan fingerprint density at radius 3 is 2.55 bits per heavy atom. The highest BCUT2D eigenvalue weighted by molar-refractivity contribution is 7.89. The first-order valence-electron chi connectivity index (χ1n) is 10.0. The average molecular weight is 474 g/mol. The molecule has 2 aromatic carbocycles. The molecule has 2 N–H and O–H groups in total. The van der Waals surface area contributed by atoms with E-state index in [9.17, 15) is 22.8 Å². The summed E-state index contributed by atoms with van der Waals surface area (Å²) in [7, 11) is -3.73. The first kappa shape index (κ1) is 24.0. The van der Waals surface area contributed by atoms with E-state index in [-0.39, 0.29) is 35.8 Å². The number of amides is 1. The van der Waals surface area contributed by atoms with Gasteiger partial charge in [-0.15, -0.1) is 0 Å². The standard InChI is InChI=1S/C22H22N2O8S/c1-3-23-33(28,29)17-7-5-6-14(10-17)21(26)31-13-15-11-20(25)32-19-12-16(8-9-18(15)19)24-22(27)30-4-2/h5-12,23H,3-4,13H2,1-2H3,(H,24,27). The molecule has 1 aromatic heterocycles. The molecule has 33 heavy (non-hydrogen) atoms. The molecule has 10 nitrogen and oxygen atoms in total. The van der Waals surface area contributed by atoms with Crippen molar-refractivity contribution in [3.8, 4) is 0 Å². The number of sulfonamides is 1. The molecule has 11 heteroatoms. The number of carbonyl (C=O) groups excluding carboxylic acids is 2. The highest BCUT2D eigenvalue weighted by Crippen LogP contribution is 2.22. The van der Waals surface area contributed by atoms with Crippen molar-refractivity contribution in [3.63, 3.8) is 0 Å². The molecular formula is C22H22N2O8S. The average Bonchev–Trinajstić information content (AvgIpc) is 2.77. The first-order chi connectivity index (χ1) is 15.7. The molecule has 0 unspecified atom stereocenters. The molecule has 3 rings (SSSR count). The van der Waals surface area contributed by atoms with Crippen LogP contribution in [0.4, 0.5) is 10.5 Å². The maximum Gasteiger partial charge on any atom is 0.411 e. The summed E-state index contributed by atoms with van der Waals surface area (Å²) in [5.74, 6) is -0.759. The van der Waals surface area contributed by atoms with Crippen LogP contribution in [0.1, 0.15) is 29.8 Å². The number of ether oxygens (including phenoxy) is 2. The molecular weight excluding hydrogens is 452 g/mol. The first-order valence-corrected chi connectivity index (χ1v) is 11.5. The number of hydrogen-bond donors (Lipinski definition) is 2. The predicted molar refractivity (Wildman–Crippen MR) is 120 cm³/mol. The van der Waals surface area contributed by atoms with Gasteiger partial charge in [-0.25, -0.2) is 27.5 Å². The van der Waals surface area contributed by atoms with Gasteiger partial charge in [0.1, 0.15) is 12.2 Å². The molecule has 3 aromatic rings. The van der Waals surface area contributed by atoms with Crippen LogP contribution >= 0.6 is 0 Å². The summed E-state index contributed by atoms with van der Waals surface area (Å²) in [5.41, 5.74) is 0.301. The molecule has 1 amide bonds. The lowest BCUT2D eigenvalue weighted by molar-refractivity contribution is 0.0473. The van der Waals surface area contributed by atoms with Gasteiger partial charge in [-0.3, -0.25) is 5.32 Å². The summed E-state index contributed by atoms with van der Waals surface area (Å²) in [4.78, 5) is 36.0. The second-order valence-electron chi connectivity index (χ2n) is 6.75. The molecule has 0 fully saturated rings. The van der Waals surface area contributed by atoms with Gasteiger partial charge in [0.05, 0.1) is 17.1 Å². The largest absolute Gasteiger partial charge is 0.457 e. The van der Waals surface area contributed by atoms with Gasteiger partial charge in [-0.1, -0.05) is 13.0 Å². The molecule has 0 spiro atoms. The fourth-order valence-electron chi connectivity index (χ4n) is 3.00. The molecule has 0 atom stereocenters. The van der Waals surface area contributed by atoms with Crippen molar-refractivity contribution in [2.75, 3.05) is 18.5 Å². The van der Waals surface area contributed by atoms with E-state index in [1.165, 1.54) is 36.4 Å². The second kappa shape index (κ2) is 10.3. The zero-order valence-electron chi connectivity index (χ0n) is 17.9. The Labute approximate surface area is 189 Å². The SMILES string of the molecule is CCNS(=O)(=O)c1cccc(C(=O)OCc2cc(=O)oc3cc(NC(=O)OCC)ccc23)c1. The van der Waals surface area contributed by atoms with Gasteiger partial charge in [0.2, 0.25) is 10.0 Å². The highest BCUT2D eigenvalue weighted by Gasteiger charge is 2.17. The van der Waals surface area contributed by atoms with Crippen LogP contribution in [0.15, 0.2) is 62.6 Å². The molecule has 0 saturated heterocycles. The van der Waals surface area contributed by atoms with E-state index in [4.69, 9.17) is 13.9 Å². The molecule has 1 heterocycles. The van der Waals surface area contributed by atoms with Crippen LogP contribution in [0.25, 0.3) is 11.0 Å². The van der Waals surface area contributed by atoms with Crippen molar-refractivity contribution in [2.45, 2.75) is 25.3 Å². The Kier molecular flexibility index (Phi) is 7.46. The molecule has 0 aliphatic heterocycles. The lowest BCUT2D eigenvalue weighted by Gasteiger charge is -2.10. The fourth-order valence-corrected chi connectivity index (χ4v) is 4.09. The summed E-state index contributed by atoms with van der Waals surface area (Å²) >= 11 is 0. The Morgan fingerprint density at radius 2 is 1.82 bits per heavy atom. The van der Waals surface area contributed by atoms with Crippen molar-refractivity contribution in [1.29, 1.82) is 0 Å². The maximum absolute atomic E-state index is 12.5. The Hall–Kier alpha value is -3.70. The number of nitrogens with one attached hydrogen (secondary N) is 2. The van der Waals surface area contributed by atoms with E-state index in [1.54, 1.807) is 26.0 Å². The van der Waals surface area contributed by atoms with E-state index < -0.39 is 27.7 Å². The minimum absolute atomic E-state index is 0.0437. The summed E-state index contributed by atoms with van der Waals surface area (Å²) < 4.78 is 42.0. The molecule has 0 aliphatic carbocycles. The van der Waals surface area contributed by atoms with E-state index >= 15 is 0 Å². The lowest BCUT2D eigenvalue weighted by Crippen LogP contribution is -2.23. The Morgan fingerprint density at radius 1 is 1.03 bits per heavy atom. The summed E-state index contributed by atoms with van der Waals surface area (Å²) in [6.07, 6.45) is -0.650. The van der Waals surface area contributed by atoms with E-state index in [0.717, 1.165) is 0 Å². The molecule has 0 bridgehead atoms. The molecule has 0 saturated carbocycles. The number of carbonyl (C=O) groups is 2. The molecule has 174 valence electrons. The monoisotopic (exact) mass is 474 g/mol. The van der Waals surface area contributed by atoms with Crippen molar-refractivity contribution < 1.29 is 31.9 Å². The Bertz CT molecular complexity index is 1350. The van der Waals surface area contributed by atoms with Crippen LogP contribution in [-0.2, 0) is 26.1 Å². The molecule has 0 aliphatic rings. The number of anilines is 1. The van der Waals surface area contributed by atoms with Crippen LogP contribution in [0.3, 0.4) is 0 Å². The lowest BCUT2D eigenvalue weighted by atomic mass is 10.1. The maximum atomic E-state index is 12.5. The number of rotatable bonds is 8. The van der Waals surface area contributed by atoms with E-state index in [2.05, 4.69) is 10.0 Å².